The summed E-state index contributed by atoms with van der Waals surface area (Å²) in [5, 5.41) is 12.2. The summed E-state index contributed by atoms with van der Waals surface area (Å²) in [6.07, 6.45) is 0.635. The Labute approximate surface area is 108 Å². The highest BCUT2D eigenvalue weighted by molar-refractivity contribution is 5.76. The molecule has 1 N–H and O–H groups in total. The zero-order valence-electron chi connectivity index (χ0n) is 10.7. The van der Waals surface area contributed by atoms with Crippen LogP contribution in [0.25, 0.3) is 0 Å². The number of halogens is 2. The molecule has 1 heterocycles. The quantitative estimate of drug-likeness (QED) is 0.827. The van der Waals surface area contributed by atoms with Crippen molar-refractivity contribution in [2.45, 2.75) is 45.0 Å². The molecule has 0 aliphatic carbocycles. The Morgan fingerprint density at radius 3 is 2.63 bits per heavy atom. The van der Waals surface area contributed by atoms with Crippen molar-refractivity contribution in [1.29, 1.82) is 0 Å². The van der Waals surface area contributed by atoms with E-state index in [0.717, 1.165) is 6.26 Å². The van der Waals surface area contributed by atoms with Gasteiger partial charge in [-0.15, -0.1) is 0 Å². The summed E-state index contributed by atoms with van der Waals surface area (Å²) in [7, 11) is 0. The van der Waals surface area contributed by atoms with Gasteiger partial charge in [0.2, 0.25) is 0 Å². The number of carboxylic acids is 1. The highest BCUT2D eigenvalue weighted by Crippen LogP contribution is 2.36. The maximum atomic E-state index is 13.3. The van der Waals surface area contributed by atoms with Crippen molar-refractivity contribution in [2.24, 2.45) is 0 Å². The fourth-order valence-corrected chi connectivity index (χ4v) is 1.85. The van der Waals surface area contributed by atoms with Crippen LogP contribution in [0.1, 0.15) is 50.3 Å². The lowest BCUT2D eigenvalue weighted by Crippen LogP contribution is -2.15. The third kappa shape index (κ3) is 4.42. The zero-order valence-corrected chi connectivity index (χ0v) is 10.7. The molecule has 0 bridgehead atoms. The number of ketones is 1. The molecule has 0 saturated heterocycles. The van der Waals surface area contributed by atoms with E-state index in [-0.39, 0.29) is 30.7 Å². The molecule has 0 amide bonds. The van der Waals surface area contributed by atoms with E-state index in [0.29, 0.717) is 6.92 Å². The van der Waals surface area contributed by atoms with Crippen molar-refractivity contribution >= 4 is 11.8 Å². The van der Waals surface area contributed by atoms with Gasteiger partial charge in [0.1, 0.15) is 12.0 Å². The Hall–Kier alpha value is -1.79. The number of hydrogen-bond acceptors (Lipinski definition) is 4. The van der Waals surface area contributed by atoms with Crippen LogP contribution < -0.4 is 0 Å². The lowest BCUT2D eigenvalue weighted by molar-refractivity contribution is -0.137. The van der Waals surface area contributed by atoms with Crippen LogP contribution in [-0.4, -0.2) is 22.0 Å². The van der Waals surface area contributed by atoms with Crippen molar-refractivity contribution in [2.75, 3.05) is 0 Å². The van der Waals surface area contributed by atoms with Crippen molar-refractivity contribution < 1.29 is 28.0 Å². The molecule has 0 fully saturated rings. The summed E-state index contributed by atoms with van der Waals surface area (Å²) in [4.78, 5) is 21.7. The average Bonchev–Trinajstić information content (AvgIpc) is 2.71. The number of aliphatic carboxylic acids is 1. The van der Waals surface area contributed by atoms with Crippen LogP contribution in [0.15, 0.2) is 10.8 Å². The van der Waals surface area contributed by atoms with E-state index in [1.165, 1.54) is 6.92 Å². The van der Waals surface area contributed by atoms with Gasteiger partial charge < -0.3 is 14.4 Å². The van der Waals surface area contributed by atoms with Gasteiger partial charge in [-0.2, -0.15) is 0 Å². The predicted octanol–water partition coefficient (Wildman–Crippen LogP) is 2.71. The van der Waals surface area contributed by atoms with Crippen LogP contribution in [0, 0.1) is 0 Å². The summed E-state index contributed by atoms with van der Waals surface area (Å²) in [5.41, 5.74) is -0.437. The van der Waals surface area contributed by atoms with Crippen LogP contribution >= 0.6 is 0 Å². The van der Waals surface area contributed by atoms with Gasteiger partial charge in [0, 0.05) is 25.7 Å². The van der Waals surface area contributed by atoms with E-state index in [9.17, 15) is 18.4 Å². The van der Waals surface area contributed by atoms with Crippen LogP contribution in [0.5, 0.6) is 0 Å². The van der Waals surface area contributed by atoms with Gasteiger partial charge in [0.25, 0.3) is 5.92 Å². The summed E-state index contributed by atoms with van der Waals surface area (Å²) in [6, 6.07) is 0. The summed E-state index contributed by atoms with van der Waals surface area (Å²) in [6.45, 7) is 2.02. The number of Topliss-reactive ketones (excluding diaryl/α,β-unsaturated/α-hetero) is 1. The van der Waals surface area contributed by atoms with Gasteiger partial charge in [-0.25, -0.2) is 8.78 Å². The standard InChI is InChI=1S/C12H15F2NO4/c1-7(16)5-8(3-4-10(17)18)11-9(6-19-15-11)12(2,13)14/h6,8H,3-5H2,1-2H3,(H,17,18)/t8-/m1/s1. The molecule has 5 nitrogen and oxygen atoms in total. The molecule has 1 aromatic heterocycles. The topological polar surface area (TPSA) is 80.4 Å². The summed E-state index contributed by atoms with van der Waals surface area (Å²) in [5.74, 6) is -5.09. The normalized spacial score (nSPS) is 13.3. The number of alkyl halides is 2. The molecule has 0 aromatic carbocycles. The van der Waals surface area contributed by atoms with Crippen LogP contribution in [0.3, 0.4) is 0 Å². The highest BCUT2D eigenvalue weighted by atomic mass is 19.3. The molecule has 106 valence electrons. The van der Waals surface area contributed by atoms with Gasteiger partial charge in [0.15, 0.2) is 0 Å². The molecule has 1 rings (SSSR count). The first kappa shape index (κ1) is 15.3. The molecule has 0 saturated carbocycles. The lowest BCUT2D eigenvalue weighted by Gasteiger charge is -2.16. The van der Waals surface area contributed by atoms with Gasteiger partial charge in [0.05, 0.1) is 11.3 Å². The summed E-state index contributed by atoms with van der Waals surface area (Å²) < 4.78 is 31.2. The molecule has 0 spiro atoms. The number of hydrogen-bond donors (Lipinski definition) is 1. The molecule has 19 heavy (non-hydrogen) atoms. The molecular formula is C12H15F2NO4. The summed E-state index contributed by atoms with van der Waals surface area (Å²) >= 11 is 0. The predicted molar refractivity (Wildman–Crippen MR) is 61.0 cm³/mol. The molecule has 0 aliphatic heterocycles. The highest BCUT2D eigenvalue weighted by Gasteiger charge is 2.34. The number of carboxylic acid groups (broad SMARTS) is 1. The van der Waals surface area contributed by atoms with Gasteiger partial charge in [-0.05, 0) is 13.3 Å². The molecule has 7 heteroatoms. The Morgan fingerprint density at radius 1 is 1.53 bits per heavy atom. The van der Waals surface area contributed by atoms with Crippen molar-refractivity contribution in [3.05, 3.63) is 17.5 Å². The number of rotatable bonds is 7. The fourth-order valence-electron chi connectivity index (χ4n) is 1.85. The maximum Gasteiger partial charge on any atom is 0.303 e. The third-order valence-electron chi connectivity index (χ3n) is 2.70. The maximum absolute atomic E-state index is 13.3. The van der Waals surface area contributed by atoms with Gasteiger partial charge in [-0.3, -0.25) is 4.79 Å². The van der Waals surface area contributed by atoms with Gasteiger partial charge in [-0.1, -0.05) is 5.16 Å². The van der Waals surface area contributed by atoms with E-state index in [4.69, 9.17) is 5.11 Å². The lowest BCUT2D eigenvalue weighted by atomic mass is 9.90. The van der Waals surface area contributed by atoms with Gasteiger partial charge >= 0.3 is 5.97 Å². The van der Waals surface area contributed by atoms with Crippen molar-refractivity contribution in [1.82, 2.24) is 5.16 Å². The molecule has 0 radical (unpaired) electrons. The molecule has 0 aliphatic rings. The largest absolute Gasteiger partial charge is 0.481 e. The van der Waals surface area contributed by atoms with E-state index >= 15 is 0 Å². The fraction of sp³-hybridized carbons (Fsp3) is 0.583. The van der Waals surface area contributed by atoms with Crippen molar-refractivity contribution in [3.8, 4) is 0 Å². The van der Waals surface area contributed by atoms with E-state index in [2.05, 4.69) is 9.68 Å². The first-order chi connectivity index (χ1) is 8.71. The Kier molecular flexibility index (Phi) is 4.74. The number of aromatic nitrogens is 1. The Bertz CT molecular complexity index is 465. The minimum absolute atomic E-state index is 0.0380. The van der Waals surface area contributed by atoms with E-state index < -0.39 is 23.4 Å². The van der Waals surface area contributed by atoms with Crippen LogP contribution in [0.4, 0.5) is 8.78 Å². The average molecular weight is 275 g/mol. The minimum atomic E-state index is -3.15. The van der Waals surface area contributed by atoms with Crippen LogP contribution in [0.2, 0.25) is 0 Å². The Balaban J connectivity index is 3.00. The van der Waals surface area contributed by atoms with E-state index in [1.807, 2.05) is 0 Å². The number of nitrogens with zero attached hydrogens (tertiary/aromatic N) is 1. The van der Waals surface area contributed by atoms with Crippen LogP contribution in [-0.2, 0) is 15.5 Å². The molecule has 0 unspecified atom stereocenters. The smallest absolute Gasteiger partial charge is 0.303 e. The Morgan fingerprint density at radius 2 is 2.16 bits per heavy atom. The zero-order chi connectivity index (χ0) is 14.6. The number of carbonyl (C=O) groups is 2. The SMILES string of the molecule is CC(=O)C[C@@H](CCC(=O)O)c1nocc1C(C)(F)F. The molecule has 1 aromatic rings. The first-order valence-electron chi connectivity index (χ1n) is 5.75. The second kappa shape index (κ2) is 5.90. The van der Waals surface area contributed by atoms with E-state index in [1.54, 1.807) is 0 Å². The molecule has 1 atom stereocenters. The second-order valence-electron chi connectivity index (χ2n) is 4.54. The van der Waals surface area contributed by atoms with Crippen molar-refractivity contribution in [3.63, 3.8) is 0 Å². The first-order valence-corrected chi connectivity index (χ1v) is 5.75. The monoisotopic (exact) mass is 275 g/mol. The minimum Gasteiger partial charge on any atom is -0.481 e. The third-order valence-corrected chi connectivity index (χ3v) is 2.70. The number of carbonyl (C=O) groups excluding carboxylic acids is 1. The second-order valence-corrected chi connectivity index (χ2v) is 4.54. The molecular weight excluding hydrogens is 260 g/mol.